The Morgan fingerprint density at radius 3 is 2.48 bits per heavy atom. The van der Waals surface area contributed by atoms with Crippen molar-refractivity contribution in [3.8, 4) is 16.9 Å². The van der Waals surface area contributed by atoms with Crippen LogP contribution in [0, 0.1) is 0 Å². The highest BCUT2D eigenvalue weighted by atomic mass is 16.7. The number of para-hydroxylation sites is 1. The number of allylic oxidation sites excluding steroid dienone is 1. The van der Waals surface area contributed by atoms with Crippen molar-refractivity contribution < 1.29 is 19.1 Å². The molecule has 0 saturated heterocycles. The Balaban J connectivity index is 1.37. The number of amides is 2. The molecule has 0 aliphatic heterocycles. The summed E-state index contributed by atoms with van der Waals surface area (Å²) < 4.78 is 13.1. The molecule has 0 unspecified atom stereocenters. The van der Waals surface area contributed by atoms with E-state index in [1.807, 2.05) is 54.6 Å². The Hall–Kier alpha value is -4.59. The molecule has 3 aromatic carbocycles. The third-order valence-electron chi connectivity index (χ3n) is 7.55. The lowest BCUT2D eigenvalue weighted by atomic mass is 9.96. The number of benzene rings is 3. The molecule has 0 spiro atoms. The zero-order valence-electron chi connectivity index (χ0n) is 26.1. The van der Waals surface area contributed by atoms with Gasteiger partial charge in [-0.3, -0.25) is 0 Å². The van der Waals surface area contributed by atoms with Crippen LogP contribution >= 0.6 is 0 Å². The van der Waals surface area contributed by atoms with E-state index in [1.165, 1.54) is 6.42 Å². The first-order valence-electron chi connectivity index (χ1n) is 15.5. The third kappa shape index (κ3) is 8.07. The van der Waals surface area contributed by atoms with Crippen LogP contribution < -0.4 is 15.4 Å². The summed E-state index contributed by atoms with van der Waals surface area (Å²) in [5.74, 6) is 1.29. The molecule has 1 saturated carbocycles. The van der Waals surface area contributed by atoms with E-state index in [4.69, 9.17) is 14.5 Å². The molecular weight excluding hydrogens is 552 g/mol. The standard InChI is InChI=1S/C36H42N4O4/c1-5-6-16-33-39-30-22-21-28(38-34(41)37-27-12-8-7-9-13-27)23-31(30)40(33)24-25-17-19-26(20-18-25)29-14-10-11-15-32(29)43-35(42)44-36(2,3)4/h6,10-11,14-23,27H,5,7-9,12-13,24H2,1-4H3,(H2,37,38,41)/b16-6+. The fourth-order valence-electron chi connectivity index (χ4n) is 5.46. The summed E-state index contributed by atoms with van der Waals surface area (Å²) in [6.07, 6.45) is 9.95. The molecule has 8 heteroatoms. The molecule has 1 fully saturated rings. The van der Waals surface area contributed by atoms with Gasteiger partial charge in [0.2, 0.25) is 0 Å². The summed E-state index contributed by atoms with van der Waals surface area (Å²) in [6, 6.07) is 21.5. The topological polar surface area (TPSA) is 94.5 Å². The molecule has 44 heavy (non-hydrogen) atoms. The highest BCUT2D eigenvalue weighted by molar-refractivity contribution is 5.92. The van der Waals surface area contributed by atoms with Crippen LogP contribution in [0.4, 0.5) is 15.3 Å². The Morgan fingerprint density at radius 1 is 1.00 bits per heavy atom. The van der Waals surface area contributed by atoms with Crippen molar-refractivity contribution in [2.24, 2.45) is 0 Å². The van der Waals surface area contributed by atoms with Gasteiger partial charge < -0.3 is 24.7 Å². The van der Waals surface area contributed by atoms with E-state index in [9.17, 15) is 9.59 Å². The number of carbonyl (C=O) groups is 2. The summed E-state index contributed by atoms with van der Waals surface area (Å²) in [5.41, 5.74) is 4.69. The number of carbonyl (C=O) groups excluding carboxylic acids is 2. The first-order valence-corrected chi connectivity index (χ1v) is 15.5. The number of imidazole rings is 1. The predicted molar refractivity (Wildman–Crippen MR) is 176 cm³/mol. The van der Waals surface area contributed by atoms with Gasteiger partial charge in [0.15, 0.2) is 0 Å². The Labute approximate surface area is 259 Å². The summed E-state index contributed by atoms with van der Waals surface area (Å²) in [6.45, 7) is 8.10. The van der Waals surface area contributed by atoms with Crippen LogP contribution in [0.5, 0.6) is 5.75 Å². The number of urea groups is 1. The smallest absolute Gasteiger partial charge is 0.428 e. The van der Waals surface area contributed by atoms with Gasteiger partial charge in [-0.1, -0.05) is 74.7 Å². The minimum absolute atomic E-state index is 0.167. The average molecular weight is 595 g/mol. The van der Waals surface area contributed by atoms with Crippen molar-refractivity contribution in [3.05, 3.63) is 84.2 Å². The zero-order valence-corrected chi connectivity index (χ0v) is 26.1. The normalized spacial score (nSPS) is 14.1. The van der Waals surface area contributed by atoms with Gasteiger partial charge >= 0.3 is 12.2 Å². The van der Waals surface area contributed by atoms with Crippen molar-refractivity contribution in [2.45, 2.75) is 84.4 Å². The van der Waals surface area contributed by atoms with Crippen molar-refractivity contribution in [2.75, 3.05) is 5.32 Å². The fraction of sp³-hybridized carbons (Fsp3) is 0.361. The van der Waals surface area contributed by atoms with Crippen molar-refractivity contribution in [1.29, 1.82) is 0 Å². The van der Waals surface area contributed by atoms with Crippen LogP contribution in [0.15, 0.2) is 72.8 Å². The maximum atomic E-state index is 12.7. The SMILES string of the molecule is CC/C=C/c1nc2ccc(NC(=O)NC3CCCCC3)cc2n1Cc1ccc(-c2ccccc2OC(=O)OC(C)(C)C)cc1. The number of ether oxygens (including phenoxy) is 2. The van der Waals surface area contributed by atoms with Gasteiger partial charge in [-0.2, -0.15) is 0 Å². The Kier molecular flexibility index (Phi) is 9.68. The van der Waals surface area contributed by atoms with Gasteiger partial charge in [-0.05, 0) is 81.5 Å². The van der Waals surface area contributed by atoms with Gasteiger partial charge in [0, 0.05) is 23.8 Å². The minimum Gasteiger partial charge on any atom is -0.428 e. The lowest BCUT2D eigenvalue weighted by molar-refractivity contribution is 0.0207. The third-order valence-corrected chi connectivity index (χ3v) is 7.55. The molecule has 5 rings (SSSR count). The molecule has 1 aliphatic carbocycles. The molecule has 2 N–H and O–H groups in total. The zero-order chi connectivity index (χ0) is 31.1. The van der Waals surface area contributed by atoms with Crippen LogP contribution in [-0.4, -0.2) is 33.4 Å². The number of hydrogen-bond donors (Lipinski definition) is 2. The molecule has 0 radical (unpaired) electrons. The molecule has 1 aromatic heterocycles. The summed E-state index contributed by atoms with van der Waals surface area (Å²) in [4.78, 5) is 30.0. The predicted octanol–water partition coefficient (Wildman–Crippen LogP) is 8.94. The van der Waals surface area contributed by atoms with Gasteiger partial charge in [0.05, 0.1) is 11.0 Å². The first-order chi connectivity index (χ1) is 21.2. The van der Waals surface area contributed by atoms with E-state index in [0.29, 0.717) is 12.3 Å². The molecule has 0 atom stereocenters. The van der Waals surface area contributed by atoms with Crippen molar-refractivity contribution in [1.82, 2.24) is 14.9 Å². The number of rotatable bonds is 8. The quantitative estimate of drug-likeness (QED) is 0.157. The second kappa shape index (κ2) is 13.8. The molecule has 2 amide bonds. The molecule has 1 heterocycles. The lowest BCUT2D eigenvalue weighted by Gasteiger charge is -2.22. The number of hydrogen-bond acceptors (Lipinski definition) is 5. The number of nitrogens with one attached hydrogen (secondary N) is 2. The molecule has 8 nitrogen and oxygen atoms in total. The number of fused-ring (bicyclic) bond motifs is 1. The minimum atomic E-state index is -0.735. The molecule has 0 bridgehead atoms. The lowest BCUT2D eigenvalue weighted by Crippen LogP contribution is -2.39. The molecular formula is C36H42N4O4. The van der Waals surface area contributed by atoms with Crippen molar-refractivity contribution >= 4 is 35.0 Å². The molecule has 4 aromatic rings. The number of anilines is 1. The summed E-state index contributed by atoms with van der Waals surface area (Å²) in [5, 5.41) is 6.16. The van der Waals surface area contributed by atoms with Crippen LogP contribution in [0.25, 0.3) is 28.2 Å². The van der Waals surface area contributed by atoms with E-state index >= 15 is 0 Å². The number of nitrogens with zero attached hydrogens (tertiary/aromatic N) is 2. The highest BCUT2D eigenvalue weighted by Crippen LogP contribution is 2.31. The summed E-state index contributed by atoms with van der Waals surface area (Å²) in [7, 11) is 0. The van der Waals surface area contributed by atoms with E-state index in [1.54, 1.807) is 26.8 Å². The number of aromatic nitrogens is 2. The van der Waals surface area contributed by atoms with Crippen LogP contribution in [0.3, 0.4) is 0 Å². The second-order valence-electron chi connectivity index (χ2n) is 12.3. The van der Waals surface area contributed by atoms with Crippen LogP contribution in [0.1, 0.15) is 77.6 Å². The van der Waals surface area contributed by atoms with E-state index in [-0.39, 0.29) is 12.1 Å². The average Bonchev–Trinajstić information content (AvgIpc) is 3.32. The van der Waals surface area contributed by atoms with Gasteiger partial charge in [-0.15, -0.1) is 0 Å². The highest BCUT2D eigenvalue weighted by Gasteiger charge is 2.20. The van der Waals surface area contributed by atoms with E-state index < -0.39 is 11.8 Å². The Morgan fingerprint density at radius 2 is 1.75 bits per heavy atom. The van der Waals surface area contributed by atoms with Crippen LogP contribution in [0.2, 0.25) is 0 Å². The molecule has 1 aliphatic rings. The first kappa shape index (κ1) is 30.9. The van der Waals surface area contributed by atoms with Crippen LogP contribution in [-0.2, 0) is 11.3 Å². The monoisotopic (exact) mass is 594 g/mol. The van der Waals surface area contributed by atoms with Gasteiger partial charge in [0.1, 0.15) is 17.2 Å². The summed E-state index contributed by atoms with van der Waals surface area (Å²) >= 11 is 0. The maximum Gasteiger partial charge on any atom is 0.514 e. The van der Waals surface area contributed by atoms with E-state index in [0.717, 1.165) is 71.3 Å². The van der Waals surface area contributed by atoms with Crippen molar-refractivity contribution in [3.63, 3.8) is 0 Å². The van der Waals surface area contributed by atoms with Gasteiger partial charge in [-0.25, -0.2) is 14.6 Å². The maximum absolute atomic E-state index is 12.7. The molecule has 230 valence electrons. The fourth-order valence-corrected chi connectivity index (χ4v) is 5.46. The largest absolute Gasteiger partial charge is 0.514 e. The Bertz CT molecular complexity index is 1630. The van der Waals surface area contributed by atoms with E-state index in [2.05, 4.69) is 40.3 Å². The second-order valence-corrected chi connectivity index (χ2v) is 12.3. The van der Waals surface area contributed by atoms with Gasteiger partial charge in [0.25, 0.3) is 0 Å².